The summed E-state index contributed by atoms with van der Waals surface area (Å²) in [4.78, 5) is 15.5. The minimum atomic E-state index is -0.442. The van der Waals surface area contributed by atoms with Crippen molar-refractivity contribution in [3.8, 4) is 11.5 Å². The average Bonchev–Trinajstić information content (AvgIpc) is 2.67. The number of halogens is 1. The quantitative estimate of drug-likeness (QED) is 0.465. The van der Waals surface area contributed by atoms with Gasteiger partial charge in [0.15, 0.2) is 23.1 Å². The number of hydrogen-bond donors (Lipinski definition) is 0. The summed E-state index contributed by atoms with van der Waals surface area (Å²) in [6, 6.07) is 3.66. The van der Waals surface area contributed by atoms with E-state index in [1.807, 2.05) is 6.07 Å². The van der Waals surface area contributed by atoms with E-state index in [1.54, 1.807) is 33.3 Å². The Morgan fingerprint density at radius 1 is 1.32 bits per heavy atom. The number of ether oxygens (including phenoxy) is 3. The van der Waals surface area contributed by atoms with Gasteiger partial charge in [-0.25, -0.2) is 9.79 Å². The fourth-order valence-corrected chi connectivity index (χ4v) is 2.54. The molecule has 1 aromatic rings. The minimum absolute atomic E-state index is 0.278. The number of cyclic esters (lactones) is 1. The van der Waals surface area contributed by atoms with Crippen molar-refractivity contribution in [1.82, 2.24) is 0 Å². The smallest absolute Gasteiger partial charge is 0.363 e. The molecule has 0 bridgehead atoms. The van der Waals surface area contributed by atoms with Crippen LogP contribution in [0.3, 0.4) is 0 Å². The molecule has 0 N–H and O–H groups in total. The van der Waals surface area contributed by atoms with E-state index in [4.69, 9.17) is 14.2 Å². The third kappa shape index (κ3) is 2.89. The van der Waals surface area contributed by atoms with Crippen molar-refractivity contribution in [2.24, 2.45) is 4.99 Å². The maximum absolute atomic E-state index is 11.5. The van der Waals surface area contributed by atoms with Crippen molar-refractivity contribution in [2.45, 2.75) is 6.92 Å². The highest BCUT2D eigenvalue weighted by molar-refractivity contribution is 14.1. The largest absolute Gasteiger partial charge is 0.493 e. The number of aliphatic imine (C=N–C) groups is 1. The van der Waals surface area contributed by atoms with Gasteiger partial charge in [-0.2, -0.15) is 0 Å². The Kier molecular flexibility index (Phi) is 4.08. The zero-order valence-corrected chi connectivity index (χ0v) is 12.8. The maximum Gasteiger partial charge on any atom is 0.363 e. The van der Waals surface area contributed by atoms with Crippen molar-refractivity contribution in [3.05, 3.63) is 27.0 Å². The van der Waals surface area contributed by atoms with Gasteiger partial charge < -0.3 is 14.2 Å². The van der Waals surface area contributed by atoms with E-state index in [-0.39, 0.29) is 5.70 Å². The van der Waals surface area contributed by atoms with Crippen molar-refractivity contribution >= 4 is 40.5 Å². The number of nitrogens with zero attached hydrogens (tertiary/aromatic N) is 1. The molecule has 0 amide bonds. The summed E-state index contributed by atoms with van der Waals surface area (Å²) < 4.78 is 16.3. The van der Waals surface area contributed by atoms with Crippen LogP contribution in [0.1, 0.15) is 12.5 Å². The number of carbonyl (C=O) groups is 1. The molecule has 0 saturated heterocycles. The molecule has 2 rings (SSSR count). The van der Waals surface area contributed by atoms with E-state index in [0.29, 0.717) is 17.4 Å². The normalized spacial score (nSPS) is 16.3. The Hall–Kier alpha value is -1.57. The fourth-order valence-electron chi connectivity index (χ4n) is 1.69. The van der Waals surface area contributed by atoms with Gasteiger partial charge in [-0.05, 0) is 46.4 Å². The molecule has 0 aliphatic carbocycles. The number of esters is 1. The molecule has 1 heterocycles. The van der Waals surface area contributed by atoms with E-state index >= 15 is 0 Å². The Balaban J connectivity index is 2.45. The third-order valence-corrected chi connectivity index (χ3v) is 3.29. The first kappa shape index (κ1) is 13.9. The summed E-state index contributed by atoms with van der Waals surface area (Å²) in [5.41, 5.74) is 1.08. The molecule has 19 heavy (non-hydrogen) atoms. The van der Waals surface area contributed by atoms with Crippen LogP contribution in [-0.2, 0) is 9.53 Å². The first-order chi connectivity index (χ1) is 9.05. The molecule has 0 spiro atoms. The first-order valence-electron chi connectivity index (χ1n) is 5.46. The molecule has 0 unspecified atom stereocenters. The predicted molar refractivity (Wildman–Crippen MR) is 79.4 cm³/mol. The Morgan fingerprint density at radius 3 is 2.58 bits per heavy atom. The highest BCUT2D eigenvalue weighted by atomic mass is 127. The highest BCUT2D eigenvalue weighted by Crippen LogP contribution is 2.34. The van der Waals surface area contributed by atoms with Crippen LogP contribution in [0, 0.1) is 3.57 Å². The highest BCUT2D eigenvalue weighted by Gasteiger charge is 2.20. The lowest BCUT2D eigenvalue weighted by Gasteiger charge is -2.10. The lowest BCUT2D eigenvalue weighted by molar-refractivity contribution is -0.130. The van der Waals surface area contributed by atoms with Crippen molar-refractivity contribution in [1.29, 1.82) is 0 Å². The van der Waals surface area contributed by atoms with Gasteiger partial charge in [0, 0.05) is 6.92 Å². The lowest BCUT2D eigenvalue weighted by Crippen LogP contribution is -2.00. The van der Waals surface area contributed by atoms with E-state index in [1.165, 1.54) is 0 Å². The van der Waals surface area contributed by atoms with Gasteiger partial charge in [-0.3, -0.25) is 0 Å². The second kappa shape index (κ2) is 5.60. The van der Waals surface area contributed by atoms with Gasteiger partial charge in [0.25, 0.3) is 0 Å². The molecule has 0 atom stereocenters. The molecule has 0 fully saturated rings. The van der Waals surface area contributed by atoms with Crippen molar-refractivity contribution in [2.75, 3.05) is 14.2 Å². The molecule has 0 radical (unpaired) electrons. The van der Waals surface area contributed by atoms with Crippen molar-refractivity contribution in [3.63, 3.8) is 0 Å². The molecule has 0 aromatic heterocycles. The summed E-state index contributed by atoms with van der Waals surface area (Å²) in [7, 11) is 3.15. The predicted octanol–water partition coefficient (Wildman–Crippen LogP) is 2.62. The molecular formula is C13H12INO4. The summed E-state index contributed by atoms with van der Waals surface area (Å²) in [6.45, 7) is 1.64. The molecule has 1 aliphatic rings. The van der Waals surface area contributed by atoms with Crippen LogP contribution in [0.25, 0.3) is 6.08 Å². The van der Waals surface area contributed by atoms with Crippen LogP contribution in [0.5, 0.6) is 11.5 Å². The average molecular weight is 373 g/mol. The molecule has 1 aromatic carbocycles. The SMILES string of the molecule is COc1cc(/C=C2/N=C(C)OC2=O)cc(I)c1OC. The molecule has 5 nitrogen and oxygen atoms in total. The van der Waals surface area contributed by atoms with E-state index in [2.05, 4.69) is 27.6 Å². The Labute approximate surface area is 124 Å². The zero-order chi connectivity index (χ0) is 14.0. The number of carbonyl (C=O) groups excluding carboxylic acids is 1. The molecule has 1 aliphatic heterocycles. The van der Waals surface area contributed by atoms with Gasteiger partial charge >= 0.3 is 5.97 Å². The third-order valence-electron chi connectivity index (χ3n) is 2.49. The van der Waals surface area contributed by atoms with Gasteiger partial charge in [0.2, 0.25) is 0 Å². The number of methoxy groups -OCH3 is 2. The monoisotopic (exact) mass is 373 g/mol. The van der Waals surface area contributed by atoms with Crippen LogP contribution in [-0.4, -0.2) is 26.1 Å². The molecule has 100 valence electrons. The minimum Gasteiger partial charge on any atom is -0.493 e. The fraction of sp³-hybridized carbons (Fsp3) is 0.231. The second-order valence-corrected chi connectivity index (χ2v) is 4.95. The summed E-state index contributed by atoms with van der Waals surface area (Å²) in [5.74, 6) is 1.18. The van der Waals surface area contributed by atoms with Gasteiger partial charge in [0.1, 0.15) is 0 Å². The first-order valence-corrected chi connectivity index (χ1v) is 6.53. The summed E-state index contributed by atoms with van der Waals surface area (Å²) >= 11 is 2.14. The number of benzene rings is 1. The molecule has 0 saturated carbocycles. The van der Waals surface area contributed by atoms with Gasteiger partial charge in [0.05, 0.1) is 17.8 Å². The van der Waals surface area contributed by atoms with Crippen LogP contribution < -0.4 is 9.47 Å². The number of rotatable bonds is 3. The Bertz CT molecular complexity index is 593. The van der Waals surface area contributed by atoms with E-state index < -0.39 is 5.97 Å². The summed E-state index contributed by atoms with van der Waals surface area (Å²) in [5, 5.41) is 0. The van der Waals surface area contributed by atoms with Crippen LogP contribution >= 0.6 is 22.6 Å². The maximum atomic E-state index is 11.5. The van der Waals surface area contributed by atoms with Crippen LogP contribution in [0.2, 0.25) is 0 Å². The lowest BCUT2D eigenvalue weighted by atomic mass is 10.1. The topological polar surface area (TPSA) is 57.1 Å². The standard InChI is InChI=1S/C13H12INO4/c1-7-15-10(13(16)19-7)5-8-4-9(14)12(18-3)11(6-8)17-2/h4-6H,1-3H3/b10-5+. The van der Waals surface area contributed by atoms with E-state index in [9.17, 15) is 4.79 Å². The molecular weight excluding hydrogens is 361 g/mol. The van der Waals surface area contributed by atoms with Gasteiger partial charge in [-0.15, -0.1) is 0 Å². The summed E-state index contributed by atoms with van der Waals surface area (Å²) in [6.07, 6.45) is 1.66. The van der Waals surface area contributed by atoms with E-state index in [0.717, 1.165) is 9.13 Å². The van der Waals surface area contributed by atoms with Crippen LogP contribution in [0.4, 0.5) is 0 Å². The Morgan fingerprint density at radius 2 is 2.05 bits per heavy atom. The second-order valence-electron chi connectivity index (χ2n) is 3.79. The molecule has 6 heteroatoms. The number of hydrogen-bond acceptors (Lipinski definition) is 5. The van der Waals surface area contributed by atoms with Crippen LogP contribution in [0.15, 0.2) is 22.8 Å². The van der Waals surface area contributed by atoms with Gasteiger partial charge in [-0.1, -0.05) is 0 Å². The zero-order valence-electron chi connectivity index (χ0n) is 10.7. The van der Waals surface area contributed by atoms with Crippen molar-refractivity contribution < 1.29 is 19.0 Å².